The first kappa shape index (κ1) is 20.0. The summed E-state index contributed by atoms with van der Waals surface area (Å²) in [6, 6.07) is 22.3. The van der Waals surface area contributed by atoms with Crippen molar-refractivity contribution in [1.82, 2.24) is 4.98 Å². The number of hydrogen-bond acceptors (Lipinski definition) is 1. The smallest absolute Gasteiger partial charge is 0.0794 e. The zero-order valence-corrected chi connectivity index (χ0v) is 19.7. The van der Waals surface area contributed by atoms with E-state index < -0.39 is 0 Å². The van der Waals surface area contributed by atoms with E-state index >= 15 is 0 Å². The number of aromatic amines is 1. The topological polar surface area (TPSA) is 28.1 Å². The highest BCUT2D eigenvalue weighted by atomic mass is 14.8. The standard InChI is InChI=1S/C31H28N2/c1-18-9-12-26-27(15-18)31(29-20(3)13-19(2)14-21(29)4)33-28(26)17-24-16-23-11-10-22-7-5-6-8-25(22)30(23)32-24/h5-9,12-17,32H,10-11H2,1-4H3/b28-17-. The lowest BCUT2D eigenvalue weighted by atomic mass is 9.90. The number of nitrogens with zero attached hydrogens (tertiary/aromatic N) is 1. The summed E-state index contributed by atoms with van der Waals surface area (Å²) in [6.07, 6.45) is 4.41. The molecule has 0 radical (unpaired) electrons. The molecule has 162 valence electrons. The molecule has 2 heteroatoms. The largest absolute Gasteiger partial charge is 0.355 e. The van der Waals surface area contributed by atoms with E-state index in [0.29, 0.717) is 0 Å². The van der Waals surface area contributed by atoms with Gasteiger partial charge in [0.15, 0.2) is 0 Å². The van der Waals surface area contributed by atoms with Crippen molar-refractivity contribution in [1.29, 1.82) is 0 Å². The monoisotopic (exact) mass is 428 g/mol. The van der Waals surface area contributed by atoms with E-state index in [4.69, 9.17) is 4.99 Å². The summed E-state index contributed by atoms with van der Waals surface area (Å²) < 4.78 is 0. The molecule has 1 aliphatic carbocycles. The van der Waals surface area contributed by atoms with Crippen LogP contribution in [0.15, 0.2) is 65.7 Å². The number of aryl methyl sites for hydroxylation is 6. The molecule has 1 aromatic heterocycles. The molecule has 4 aromatic rings. The van der Waals surface area contributed by atoms with Gasteiger partial charge in [-0.2, -0.15) is 0 Å². The molecular weight excluding hydrogens is 400 g/mol. The Morgan fingerprint density at radius 1 is 0.727 bits per heavy atom. The third-order valence-electron chi connectivity index (χ3n) is 7.02. The average molecular weight is 429 g/mol. The van der Waals surface area contributed by atoms with Crippen LogP contribution in [0.1, 0.15) is 55.8 Å². The number of aromatic nitrogens is 1. The number of aliphatic imine (C=N–C) groups is 1. The Morgan fingerprint density at radius 2 is 1.48 bits per heavy atom. The zero-order valence-electron chi connectivity index (χ0n) is 19.7. The molecule has 0 unspecified atom stereocenters. The van der Waals surface area contributed by atoms with E-state index in [9.17, 15) is 0 Å². The van der Waals surface area contributed by atoms with Gasteiger partial charge in [-0.3, -0.25) is 0 Å². The highest BCUT2D eigenvalue weighted by Gasteiger charge is 2.25. The van der Waals surface area contributed by atoms with Crippen molar-refractivity contribution in [2.45, 2.75) is 40.5 Å². The van der Waals surface area contributed by atoms with Crippen molar-refractivity contribution in [3.63, 3.8) is 0 Å². The van der Waals surface area contributed by atoms with Crippen LogP contribution in [-0.2, 0) is 12.8 Å². The van der Waals surface area contributed by atoms with Crippen LogP contribution in [0.2, 0.25) is 0 Å². The molecule has 1 N–H and O–H groups in total. The fourth-order valence-corrected chi connectivity index (χ4v) is 5.61. The fraction of sp³-hybridized carbons (Fsp3) is 0.194. The summed E-state index contributed by atoms with van der Waals surface area (Å²) in [5.41, 5.74) is 17.5. The van der Waals surface area contributed by atoms with Crippen molar-refractivity contribution in [2.24, 2.45) is 4.99 Å². The predicted molar refractivity (Wildman–Crippen MR) is 139 cm³/mol. The second kappa shape index (κ2) is 7.45. The summed E-state index contributed by atoms with van der Waals surface area (Å²) in [4.78, 5) is 8.92. The van der Waals surface area contributed by atoms with Crippen LogP contribution in [0.4, 0.5) is 0 Å². The molecule has 0 amide bonds. The summed E-state index contributed by atoms with van der Waals surface area (Å²) in [6.45, 7) is 8.72. The van der Waals surface area contributed by atoms with E-state index in [1.807, 2.05) is 0 Å². The molecular formula is C31H28N2. The highest BCUT2D eigenvalue weighted by molar-refractivity contribution is 6.22. The van der Waals surface area contributed by atoms with Gasteiger partial charge in [-0.25, -0.2) is 4.99 Å². The highest BCUT2D eigenvalue weighted by Crippen LogP contribution is 2.37. The normalized spacial score (nSPS) is 15.3. The fourth-order valence-electron chi connectivity index (χ4n) is 5.61. The van der Waals surface area contributed by atoms with Gasteiger partial charge < -0.3 is 4.98 Å². The van der Waals surface area contributed by atoms with Gasteiger partial charge in [0, 0.05) is 33.6 Å². The van der Waals surface area contributed by atoms with Crippen LogP contribution < -0.4 is 0 Å². The van der Waals surface area contributed by atoms with Gasteiger partial charge >= 0.3 is 0 Å². The molecule has 33 heavy (non-hydrogen) atoms. The lowest BCUT2D eigenvalue weighted by Gasteiger charge is -2.15. The first-order chi connectivity index (χ1) is 16.0. The molecule has 2 nitrogen and oxygen atoms in total. The minimum absolute atomic E-state index is 1.03. The Kier molecular flexibility index (Phi) is 4.51. The Hall–Kier alpha value is -3.65. The van der Waals surface area contributed by atoms with Crippen LogP contribution in [-0.4, -0.2) is 10.7 Å². The summed E-state index contributed by atoms with van der Waals surface area (Å²) in [5, 5.41) is 0. The quantitative estimate of drug-likeness (QED) is 0.345. The van der Waals surface area contributed by atoms with E-state index in [2.05, 4.69) is 99.4 Å². The van der Waals surface area contributed by atoms with Crippen molar-refractivity contribution < 1.29 is 0 Å². The van der Waals surface area contributed by atoms with Gasteiger partial charge in [0.25, 0.3) is 0 Å². The van der Waals surface area contributed by atoms with Crippen LogP contribution >= 0.6 is 0 Å². The van der Waals surface area contributed by atoms with E-state index in [-0.39, 0.29) is 0 Å². The molecule has 3 aromatic carbocycles. The molecule has 0 fully saturated rings. The third kappa shape index (κ3) is 3.29. The van der Waals surface area contributed by atoms with E-state index in [1.54, 1.807) is 0 Å². The van der Waals surface area contributed by atoms with Gasteiger partial charge in [0.05, 0.1) is 11.4 Å². The SMILES string of the molecule is Cc1cc(C)c(C2=N/C(=C\c3cc4c([nH]3)-c3ccccc3CC4)c3ccc(C)cc32)c(C)c1. The lowest BCUT2D eigenvalue weighted by molar-refractivity contribution is 0.942. The second-order valence-corrected chi connectivity index (χ2v) is 9.59. The minimum atomic E-state index is 1.03. The Bertz CT molecular complexity index is 1470. The van der Waals surface area contributed by atoms with Crippen LogP contribution in [0.3, 0.4) is 0 Å². The summed E-state index contributed by atoms with van der Waals surface area (Å²) in [7, 11) is 0. The molecule has 1 aliphatic heterocycles. The number of rotatable bonds is 2. The molecule has 0 bridgehead atoms. The number of fused-ring (bicyclic) bond motifs is 4. The van der Waals surface area contributed by atoms with Crippen LogP contribution in [0.5, 0.6) is 0 Å². The lowest BCUT2D eigenvalue weighted by Crippen LogP contribution is -2.06. The van der Waals surface area contributed by atoms with Gasteiger partial charge in [-0.15, -0.1) is 0 Å². The summed E-state index contributed by atoms with van der Waals surface area (Å²) >= 11 is 0. The van der Waals surface area contributed by atoms with Gasteiger partial charge in [0.2, 0.25) is 0 Å². The maximum absolute atomic E-state index is 5.22. The molecule has 0 saturated heterocycles. The Balaban J connectivity index is 1.50. The van der Waals surface area contributed by atoms with E-state index in [0.717, 1.165) is 29.9 Å². The predicted octanol–water partition coefficient (Wildman–Crippen LogP) is 7.36. The maximum Gasteiger partial charge on any atom is 0.0794 e. The van der Waals surface area contributed by atoms with Gasteiger partial charge in [-0.1, -0.05) is 59.7 Å². The maximum atomic E-state index is 5.22. The van der Waals surface area contributed by atoms with Crippen molar-refractivity contribution >= 4 is 17.5 Å². The molecule has 0 saturated carbocycles. The van der Waals surface area contributed by atoms with Crippen molar-refractivity contribution in [2.75, 3.05) is 0 Å². The Labute approximate surface area is 195 Å². The Morgan fingerprint density at radius 3 is 2.30 bits per heavy atom. The molecule has 0 atom stereocenters. The molecule has 0 spiro atoms. The average Bonchev–Trinajstić information content (AvgIpc) is 3.34. The first-order valence-corrected chi connectivity index (χ1v) is 11.8. The van der Waals surface area contributed by atoms with E-state index in [1.165, 1.54) is 61.3 Å². The van der Waals surface area contributed by atoms with Gasteiger partial charge in [0.1, 0.15) is 0 Å². The molecule has 6 rings (SSSR count). The molecule has 2 heterocycles. The number of H-pyrrole nitrogens is 1. The van der Waals surface area contributed by atoms with Crippen molar-refractivity contribution in [3.8, 4) is 11.3 Å². The molecule has 2 aliphatic rings. The van der Waals surface area contributed by atoms with Crippen LogP contribution in [0, 0.1) is 27.7 Å². The number of benzene rings is 3. The van der Waals surface area contributed by atoms with Crippen molar-refractivity contribution in [3.05, 3.63) is 116 Å². The third-order valence-corrected chi connectivity index (χ3v) is 7.02. The van der Waals surface area contributed by atoms with Crippen LogP contribution in [0.25, 0.3) is 23.0 Å². The number of hydrogen-bond donors (Lipinski definition) is 1. The number of nitrogens with one attached hydrogen (secondary N) is 1. The summed E-state index contributed by atoms with van der Waals surface area (Å²) in [5.74, 6) is 0. The first-order valence-electron chi connectivity index (χ1n) is 11.8. The van der Waals surface area contributed by atoms with Gasteiger partial charge in [-0.05, 0) is 81.0 Å². The zero-order chi connectivity index (χ0) is 22.7. The second-order valence-electron chi connectivity index (χ2n) is 9.59. The minimum Gasteiger partial charge on any atom is -0.355 e.